The second kappa shape index (κ2) is 9.31. The molecule has 2 N–H and O–H groups in total. The van der Waals surface area contributed by atoms with E-state index in [0.29, 0.717) is 5.11 Å². The smallest absolute Gasteiger partial charge is 0.171 e. The van der Waals surface area contributed by atoms with Gasteiger partial charge in [0.15, 0.2) is 5.11 Å². The molecule has 27 heavy (non-hydrogen) atoms. The Hall–Kier alpha value is -1.95. The number of hydrogen-bond acceptors (Lipinski definition) is 3. The first-order chi connectivity index (χ1) is 13.0. The maximum Gasteiger partial charge on any atom is 0.171 e. The second-order valence-electron chi connectivity index (χ2n) is 7.29. The number of anilines is 1. The fourth-order valence-corrected chi connectivity index (χ4v) is 3.51. The number of benzene rings is 2. The van der Waals surface area contributed by atoms with Gasteiger partial charge in [-0.05, 0) is 55.7 Å². The number of thiocarbonyl (C=S) groups is 1. The molecule has 4 nitrogen and oxygen atoms in total. The number of nitrogens with one attached hydrogen (secondary N) is 2. The van der Waals surface area contributed by atoms with Gasteiger partial charge in [-0.3, -0.25) is 4.90 Å². The topological polar surface area (TPSA) is 36.5 Å². The molecule has 0 saturated carbocycles. The third-order valence-corrected chi connectivity index (χ3v) is 5.19. The molecular weight excluding hydrogens is 354 g/mol. The van der Waals surface area contributed by atoms with Crippen LogP contribution in [-0.2, 0) is 4.74 Å². The molecule has 1 saturated heterocycles. The summed E-state index contributed by atoms with van der Waals surface area (Å²) in [6, 6.07) is 15.2. The molecule has 0 spiro atoms. The molecule has 5 heteroatoms. The molecule has 0 amide bonds. The Morgan fingerprint density at radius 2 is 1.70 bits per heavy atom. The summed E-state index contributed by atoms with van der Waals surface area (Å²) in [5.74, 6) is 0. The summed E-state index contributed by atoms with van der Waals surface area (Å²) in [4.78, 5) is 2.43. The highest BCUT2D eigenvalue weighted by molar-refractivity contribution is 7.80. The van der Waals surface area contributed by atoms with Crippen molar-refractivity contribution in [3.8, 4) is 0 Å². The minimum absolute atomic E-state index is 0.133. The summed E-state index contributed by atoms with van der Waals surface area (Å²) in [5.41, 5.74) is 5.97. The van der Waals surface area contributed by atoms with Gasteiger partial charge in [0.2, 0.25) is 0 Å². The highest BCUT2D eigenvalue weighted by Crippen LogP contribution is 2.19. The zero-order valence-electron chi connectivity index (χ0n) is 16.4. The van der Waals surface area contributed by atoms with Crippen LogP contribution in [0.25, 0.3) is 0 Å². The van der Waals surface area contributed by atoms with Crippen LogP contribution in [0.5, 0.6) is 0 Å². The molecule has 0 aliphatic carbocycles. The van der Waals surface area contributed by atoms with E-state index in [4.69, 9.17) is 17.0 Å². The average Bonchev–Trinajstić information content (AvgIpc) is 2.66. The van der Waals surface area contributed by atoms with Crippen molar-refractivity contribution in [1.82, 2.24) is 10.2 Å². The summed E-state index contributed by atoms with van der Waals surface area (Å²) in [6.07, 6.45) is 0. The van der Waals surface area contributed by atoms with Crippen LogP contribution in [0.15, 0.2) is 42.5 Å². The summed E-state index contributed by atoms with van der Waals surface area (Å²) < 4.78 is 5.49. The molecule has 0 unspecified atom stereocenters. The van der Waals surface area contributed by atoms with E-state index < -0.39 is 0 Å². The van der Waals surface area contributed by atoms with Gasteiger partial charge in [-0.1, -0.05) is 42.0 Å². The first-order valence-corrected chi connectivity index (χ1v) is 9.93. The molecule has 2 aromatic carbocycles. The SMILES string of the molecule is Cc1ccc([C@@H](CN2CCOCC2)NC(=S)Nc2cc(C)ccc2C)cc1. The Balaban J connectivity index is 1.72. The lowest BCUT2D eigenvalue weighted by atomic mass is 10.0. The lowest BCUT2D eigenvalue weighted by Crippen LogP contribution is -2.44. The first-order valence-electron chi connectivity index (χ1n) is 9.53. The average molecular weight is 384 g/mol. The molecule has 1 fully saturated rings. The maximum atomic E-state index is 5.64. The van der Waals surface area contributed by atoms with E-state index in [1.165, 1.54) is 22.3 Å². The molecule has 144 valence electrons. The van der Waals surface area contributed by atoms with Gasteiger partial charge in [-0.2, -0.15) is 0 Å². The van der Waals surface area contributed by atoms with Crippen molar-refractivity contribution in [2.24, 2.45) is 0 Å². The monoisotopic (exact) mass is 383 g/mol. The van der Waals surface area contributed by atoms with Crippen molar-refractivity contribution in [1.29, 1.82) is 0 Å². The van der Waals surface area contributed by atoms with Gasteiger partial charge in [0.05, 0.1) is 19.3 Å². The minimum atomic E-state index is 0.133. The van der Waals surface area contributed by atoms with Crippen molar-refractivity contribution in [3.05, 3.63) is 64.7 Å². The van der Waals surface area contributed by atoms with Crippen molar-refractivity contribution < 1.29 is 4.74 Å². The largest absolute Gasteiger partial charge is 0.379 e. The van der Waals surface area contributed by atoms with Crippen molar-refractivity contribution in [2.45, 2.75) is 26.8 Å². The quantitative estimate of drug-likeness (QED) is 0.764. The number of aryl methyl sites for hydroxylation is 3. The van der Waals surface area contributed by atoms with Crippen molar-refractivity contribution in [3.63, 3.8) is 0 Å². The molecule has 0 aromatic heterocycles. The molecule has 0 radical (unpaired) electrons. The number of hydrogen-bond donors (Lipinski definition) is 2. The minimum Gasteiger partial charge on any atom is -0.379 e. The van der Waals surface area contributed by atoms with E-state index in [2.05, 4.69) is 78.8 Å². The molecule has 1 aliphatic rings. The standard InChI is InChI=1S/C22H29N3OS/c1-16-5-8-19(9-6-16)21(15-25-10-12-26-13-11-25)24-22(27)23-20-14-17(2)4-7-18(20)3/h4-9,14,21H,10-13,15H2,1-3H3,(H2,23,24,27)/t21-/m1/s1. The molecule has 3 rings (SSSR count). The fraction of sp³-hybridized carbons (Fsp3) is 0.409. The highest BCUT2D eigenvalue weighted by Gasteiger charge is 2.19. The predicted octanol–water partition coefficient (Wildman–Crippen LogP) is 3.97. The number of nitrogens with zero attached hydrogens (tertiary/aromatic N) is 1. The first kappa shape index (κ1) is 19.8. The fourth-order valence-electron chi connectivity index (χ4n) is 3.26. The van der Waals surface area contributed by atoms with E-state index >= 15 is 0 Å². The Labute approximate surface area is 167 Å². The van der Waals surface area contributed by atoms with Crippen LogP contribution in [-0.4, -0.2) is 42.9 Å². The van der Waals surface area contributed by atoms with E-state index in [1.807, 2.05) is 0 Å². The van der Waals surface area contributed by atoms with Gasteiger partial charge in [0.1, 0.15) is 0 Å². The zero-order chi connectivity index (χ0) is 19.2. The number of rotatable bonds is 5. The van der Waals surface area contributed by atoms with Crippen LogP contribution in [0.1, 0.15) is 28.3 Å². The predicted molar refractivity (Wildman–Crippen MR) is 116 cm³/mol. The molecule has 1 aliphatic heterocycles. The van der Waals surface area contributed by atoms with Gasteiger partial charge in [-0.15, -0.1) is 0 Å². The summed E-state index contributed by atoms with van der Waals surface area (Å²) in [6.45, 7) is 10.7. The van der Waals surface area contributed by atoms with E-state index in [-0.39, 0.29) is 6.04 Å². The van der Waals surface area contributed by atoms with E-state index in [9.17, 15) is 0 Å². The second-order valence-corrected chi connectivity index (χ2v) is 7.70. The normalized spacial score (nSPS) is 16.0. The van der Waals surface area contributed by atoms with Crippen LogP contribution in [0.4, 0.5) is 5.69 Å². The van der Waals surface area contributed by atoms with Crippen molar-refractivity contribution >= 4 is 23.0 Å². The molecule has 2 aromatic rings. The Morgan fingerprint density at radius 1 is 1.04 bits per heavy atom. The van der Waals surface area contributed by atoms with Gasteiger partial charge in [-0.25, -0.2) is 0 Å². The van der Waals surface area contributed by atoms with Gasteiger partial charge >= 0.3 is 0 Å². The summed E-state index contributed by atoms with van der Waals surface area (Å²) >= 11 is 5.64. The Kier molecular flexibility index (Phi) is 6.83. The van der Waals surface area contributed by atoms with Crippen LogP contribution < -0.4 is 10.6 Å². The third-order valence-electron chi connectivity index (χ3n) is 4.97. The lowest BCUT2D eigenvalue weighted by molar-refractivity contribution is 0.0344. The van der Waals surface area contributed by atoms with Gasteiger partial charge < -0.3 is 15.4 Å². The number of ether oxygens (including phenoxy) is 1. The lowest BCUT2D eigenvalue weighted by Gasteiger charge is -2.31. The van der Waals surface area contributed by atoms with E-state index in [0.717, 1.165) is 38.5 Å². The van der Waals surface area contributed by atoms with Crippen LogP contribution in [0.2, 0.25) is 0 Å². The molecule has 1 heterocycles. The van der Waals surface area contributed by atoms with Gasteiger partial charge in [0, 0.05) is 25.3 Å². The maximum absolute atomic E-state index is 5.64. The zero-order valence-corrected chi connectivity index (χ0v) is 17.2. The third kappa shape index (κ3) is 5.76. The highest BCUT2D eigenvalue weighted by atomic mass is 32.1. The molecule has 1 atom stereocenters. The Bertz CT molecular complexity index is 770. The van der Waals surface area contributed by atoms with Crippen LogP contribution in [0.3, 0.4) is 0 Å². The Morgan fingerprint density at radius 3 is 2.41 bits per heavy atom. The van der Waals surface area contributed by atoms with Crippen molar-refractivity contribution in [2.75, 3.05) is 38.2 Å². The molecular formula is C22H29N3OS. The van der Waals surface area contributed by atoms with E-state index in [1.54, 1.807) is 0 Å². The van der Waals surface area contributed by atoms with Gasteiger partial charge in [0.25, 0.3) is 0 Å². The van der Waals surface area contributed by atoms with Crippen LogP contribution in [0, 0.1) is 20.8 Å². The summed E-state index contributed by atoms with van der Waals surface area (Å²) in [7, 11) is 0. The van der Waals surface area contributed by atoms with Crippen LogP contribution >= 0.6 is 12.2 Å². The molecule has 0 bridgehead atoms. The number of morpholine rings is 1. The summed E-state index contributed by atoms with van der Waals surface area (Å²) in [5, 5.41) is 7.57.